The SMILES string of the molecule is CC/C=C\C/C=C\C/C=C\C/C=C\C/C=C\C/C=C\CCC(=O)OC(COC(=O)CCCCCCCCCCC/C=C\CCCCCCCC)COP(=O)(O)OCCN(C)C. The van der Waals surface area contributed by atoms with Crippen LogP contribution in [-0.4, -0.2) is 68.3 Å². The number of ether oxygens (including phenoxy) is 2. The number of phosphoric ester groups is 1. The Labute approximate surface area is 373 Å². The molecule has 0 saturated carbocycles. The third-order valence-electron chi connectivity index (χ3n) is 9.70. The largest absolute Gasteiger partial charge is 0.472 e. The maximum absolute atomic E-state index is 12.7. The standard InChI is InChI=1S/C51H88NO8P/c1-5-7-9-11-13-15-17-19-21-23-25-27-29-31-33-35-37-39-41-43-50(53)57-47-49(48-59-61(55,56)58-46-45-52(3)4)60-51(54)44-42-40-38-36-34-32-30-28-26-24-22-20-18-16-14-12-10-8-6-2/h8,10,14,16,19-22,26,28,32,34,38,40,49H,5-7,9,11-13,15,17-18,23-25,27,29-31,33,35-37,39,41-48H2,1-4H3,(H,55,56)/b10-8-,16-14-,21-19-,22-20-,28-26-,34-32-,40-38-. The Hall–Kier alpha value is -2.81. The number of rotatable bonds is 43. The van der Waals surface area contributed by atoms with Gasteiger partial charge in [0.25, 0.3) is 0 Å². The monoisotopic (exact) mass is 874 g/mol. The highest BCUT2D eigenvalue weighted by Crippen LogP contribution is 2.43. The van der Waals surface area contributed by atoms with Crippen molar-refractivity contribution in [3.63, 3.8) is 0 Å². The summed E-state index contributed by atoms with van der Waals surface area (Å²) in [7, 11) is -0.759. The van der Waals surface area contributed by atoms with Gasteiger partial charge in [0.1, 0.15) is 6.61 Å². The molecule has 1 N–H and O–H groups in total. The molecule has 0 heterocycles. The molecule has 2 atom stereocenters. The first-order valence-corrected chi connectivity index (χ1v) is 25.4. The summed E-state index contributed by atoms with van der Waals surface area (Å²) in [6, 6.07) is 0. The zero-order valence-electron chi connectivity index (χ0n) is 39.1. The summed E-state index contributed by atoms with van der Waals surface area (Å²) < 4.78 is 33.5. The van der Waals surface area contributed by atoms with E-state index in [4.69, 9.17) is 18.5 Å². The molecule has 350 valence electrons. The van der Waals surface area contributed by atoms with E-state index in [2.05, 4.69) is 86.8 Å². The number of phosphoric acid groups is 1. The van der Waals surface area contributed by atoms with Gasteiger partial charge in [0.15, 0.2) is 6.10 Å². The molecular weight excluding hydrogens is 786 g/mol. The van der Waals surface area contributed by atoms with E-state index < -0.39 is 32.5 Å². The summed E-state index contributed by atoms with van der Waals surface area (Å²) in [6.07, 6.45) is 56.5. The maximum atomic E-state index is 12.7. The van der Waals surface area contributed by atoms with Crippen molar-refractivity contribution in [3.05, 3.63) is 85.1 Å². The van der Waals surface area contributed by atoms with Crippen molar-refractivity contribution in [2.45, 2.75) is 187 Å². The second-order valence-corrected chi connectivity index (χ2v) is 17.4. The lowest BCUT2D eigenvalue weighted by Gasteiger charge is -2.20. The van der Waals surface area contributed by atoms with Crippen LogP contribution in [0.1, 0.15) is 181 Å². The lowest BCUT2D eigenvalue weighted by atomic mass is 10.1. The zero-order chi connectivity index (χ0) is 44.8. The molecule has 0 aromatic rings. The first kappa shape index (κ1) is 58.2. The smallest absolute Gasteiger partial charge is 0.462 e. The molecule has 10 heteroatoms. The number of hydrogen-bond donors (Lipinski definition) is 1. The van der Waals surface area contributed by atoms with Crippen molar-refractivity contribution in [1.29, 1.82) is 0 Å². The Kier molecular flexibility index (Phi) is 43.1. The normalized spacial score (nSPS) is 14.1. The van der Waals surface area contributed by atoms with Gasteiger partial charge in [0, 0.05) is 19.4 Å². The van der Waals surface area contributed by atoms with E-state index in [1.165, 1.54) is 89.9 Å². The molecule has 2 unspecified atom stereocenters. The molecular formula is C51H88NO8P. The number of unbranched alkanes of at least 4 members (excludes halogenated alkanes) is 15. The molecule has 0 aliphatic rings. The van der Waals surface area contributed by atoms with E-state index >= 15 is 0 Å². The number of esters is 2. The van der Waals surface area contributed by atoms with Crippen molar-refractivity contribution in [3.8, 4) is 0 Å². The number of likely N-dealkylation sites (N-methyl/N-ethyl adjacent to an activating group) is 1. The minimum absolute atomic E-state index is 0.0105. The summed E-state index contributed by atoms with van der Waals surface area (Å²) in [6.45, 7) is 4.11. The van der Waals surface area contributed by atoms with Crippen LogP contribution in [0, 0.1) is 0 Å². The van der Waals surface area contributed by atoms with E-state index in [0.29, 0.717) is 13.0 Å². The van der Waals surface area contributed by atoms with Crippen LogP contribution in [0.2, 0.25) is 0 Å². The van der Waals surface area contributed by atoms with Gasteiger partial charge >= 0.3 is 19.8 Å². The van der Waals surface area contributed by atoms with Gasteiger partial charge in [-0.05, 0) is 91.1 Å². The summed E-state index contributed by atoms with van der Waals surface area (Å²) >= 11 is 0. The molecule has 0 spiro atoms. The number of carbonyl (C=O) groups excluding carboxylic acids is 2. The molecule has 0 saturated heterocycles. The van der Waals surface area contributed by atoms with Crippen LogP contribution in [0.3, 0.4) is 0 Å². The highest BCUT2D eigenvalue weighted by Gasteiger charge is 2.26. The minimum Gasteiger partial charge on any atom is -0.462 e. The Morgan fingerprint density at radius 1 is 0.525 bits per heavy atom. The van der Waals surface area contributed by atoms with Gasteiger partial charge in [-0.2, -0.15) is 0 Å². The van der Waals surface area contributed by atoms with Gasteiger partial charge in [-0.25, -0.2) is 4.57 Å². The van der Waals surface area contributed by atoms with E-state index in [1.54, 1.807) is 4.90 Å². The number of nitrogens with zero attached hydrogens (tertiary/aromatic N) is 1. The molecule has 0 aliphatic carbocycles. The van der Waals surface area contributed by atoms with Crippen molar-refractivity contribution in [1.82, 2.24) is 4.90 Å². The highest BCUT2D eigenvalue weighted by molar-refractivity contribution is 7.47. The fraction of sp³-hybridized carbons (Fsp3) is 0.686. The third kappa shape index (κ3) is 46.5. The summed E-state index contributed by atoms with van der Waals surface area (Å²) in [5.74, 6) is -0.907. The molecule has 9 nitrogen and oxygen atoms in total. The minimum atomic E-state index is -4.39. The van der Waals surface area contributed by atoms with E-state index in [-0.39, 0.29) is 26.1 Å². The number of carbonyl (C=O) groups is 2. The molecule has 0 bridgehead atoms. The molecule has 0 aromatic heterocycles. The van der Waals surface area contributed by atoms with E-state index in [1.807, 2.05) is 26.2 Å². The second kappa shape index (κ2) is 45.2. The second-order valence-electron chi connectivity index (χ2n) is 15.9. The highest BCUT2D eigenvalue weighted by atomic mass is 31.2. The molecule has 0 amide bonds. The predicted octanol–water partition coefficient (Wildman–Crippen LogP) is 14.2. The number of allylic oxidation sites excluding steroid dienone is 14. The third-order valence-corrected chi connectivity index (χ3v) is 10.7. The first-order valence-electron chi connectivity index (χ1n) is 23.9. The summed E-state index contributed by atoms with van der Waals surface area (Å²) in [5.41, 5.74) is 0. The Morgan fingerprint density at radius 3 is 1.46 bits per heavy atom. The van der Waals surface area contributed by atoms with Gasteiger partial charge in [-0.15, -0.1) is 0 Å². The fourth-order valence-electron chi connectivity index (χ4n) is 6.06. The van der Waals surface area contributed by atoms with Crippen LogP contribution in [0.15, 0.2) is 85.1 Å². The van der Waals surface area contributed by atoms with Crippen LogP contribution in [0.5, 0.6) is 0 Å². The average molecular weight is 874 g/mol. The predicted molar refractivity (Wildman–Crippen MR) is 256 cm³/mol. The summed E-state index contributed by atoms with van der Waals surface area (Å²) in [5, 5.41) is 0. The van der Waals surface area contributed by atoms with Gasteiger partial charge in [0.05, 0.1) is 13.2 Å². The maximum Gasteiger partial charge on any atom is 0.472 e. The van der Waals surface area contributed by atoms with Crippen LogP contribution >= 0.6 is 7.82 Å². The van der Waals surface area contributed by atoms with Gasteiger partial charge < -0.3 is 19.3 Å². The van der Waals surface area contributed by atoms with E-state index in [9.17, 15) is 19.0 Å². The van der Waals surface area contributed by atoms with Crippen molar-refractivity contribution >= 4 is 19.8 Å². The average Bonchev–Trinajstić information content (AvgIpc) is 3.23. The Bertz CT molecular complexity index is 1280. The lowest BCUT2D eigenvalue weighted by Crippen LogP contribution is -2.29. The van der Waals surface area contributed by atoms with Crippen LogP contribution in [0.4, 0.5) is 0 Å². The molecule has 0 fully saturated rings. The summed E-state index contributed by atoms with van der Waals surface area (Å²) in [4.78, 5) is 37.1. The van der Waals surface area contributed by atoms with Crippen molar-refractivity contribution in [2.24, 2.45) is 0 Å². The lowest BCUT2D eigenvalue weighted by molar-refractivity contribution is -0.161. The first-order chi connectivity index (χ1) is 29.7. The molecule has 0 rings (SSSR count). The fourth-order valence-corrected chi connectivity index (χ4v) is 6.80. The van der Waals surface area contributed by atoms with E-state index in [0.717, 1.165) is 57.8 Å². The van der Waals surface area contributed by atoms with Crippen molar-refractivity contribution in [2.75, 3.05) is 40.5 Å². The Balaban J connectivity index is 4.36. The van der Waals surface area contributed by atoms with Crippen LogP contribution in [-0.2, 0) is 32.7 Å². The molecule has 0 aromatic carbocycles. The van der Waals surface area contributed by atoms with Gasteiger partial charge in [-0.3, -0.25) is 18.6 Å². The zero-order valence-corrected chi connectivity index (χ0v) is 40.0. The molecule has 0 aliphatic heterocycles. The van der Waals surface area contributed by atoms with Crippen molar-refractivity contribution < 1.29 is 37.6 Å². The van der Waals surface area contributed by atoms with Crippen LogP contribution < -0.4 is 0 Å². The van der Waals surface area contributed by atoms with Gasteiger partial charge in [0.2, 0.25) is 0 Å². The Morgan fingerprint density at radius 2 is 0.967 bits per heavy atom. The van der Waals surface area contributed by atoms with Gasteiger partial charge in [-0.1, -0.05) is 176 Å². The molecule has 61 heavy (non-hydrogen) atoms. The molecule has 0 radical (unpaired) electrons. The topological polar surface area (TPSA) is 112 Å². The number of hydrogen-bond acceptors (Lipinski definition) is 8. The van der Waals surface area contributed by atoms with Crippen LogP contribution in [0.25, 0.3) is 0 Å². The quantitative estimate of drug-likeness (QED) is 0.0277.